The van der Waals surface area contributed by atoms with Crippen molar-refractivity contribution >= 4 is 39.6 Å². The number of anilines is 1. The minimum absolute atomic E-state index is 0.109. The number of carbonyl (C=O) groups excluding carboxylic acids is 1. The fourth-order valence-electron chi connectivity index (χ4n) is 3.42. The summed E-state index contributed by atoms with van der Waals surface area (Å²) in [5.74, 6) is 2.16. The molecule has 4 rings (SSSR count). The van der Waals surface area contributed by atoms with Crippen LogP contribution in [0.1, 0.15) is 18.1 Å². The molecule has 182 valence electrons. The molecule has 1 N–H and O–H groups in total. The van der Waals surface area contributed by atoms with Crippen LogP contribution in [-0.2, 0) is 21.2 Å². The highest BCUT2D eigenvalue weighted by Crippen LogP contribution is 2.25. The van der Waals surface area contributed by atoms with Gasteiger partial charge in [0.15, 0.2) is 0 Å². The second-order valence-corrected chi connectivity index (χ2v) is 10.9. The van der Waals surface area contributed by atoms with Gasteiger partial charge in [-0.1, -0.05) is 49.4 Å². The Morgan fingerprint density at radius 2 is 1.83 bits per heavy atom. The third-order valence-electron chi connectivity index (χ3n) is 5.42. The van der Waals surface area contributed by atoms with E-state index in [1.807, 2.05) is 55.1 Å². The average Bonchev–Trinajstić information content (AvgIpc) is 2.86. The van der Waals surface area contributed by atoms with Gasteiger partial charge in [-0.15, -0.1) is 0 Å². The molecule has 0 aromatic heterocycles. The van der Waals surface area contributed by atoms with E-state index < -0.39 is 22.5 Å². The Balaban J connectivity index is 1.47. The Hall–Kier alpha value is -3.30. The summed E-state index contributed by atoms with van der Waals surface area (Å²) in [6.45, 7) is 1.61. The highest BCUT2D eigenvalue weighted by atomic mass is 32.2. The number of amides is 1. The van der Waals surface area contributed by atoms with Gasteiger partial charge in [0.2, 0.25) is 0 Å². The lowest BCUT2D eigenvalue weighted by Crippen LogP contribution is -2.39. The highest BCUT2D eigenvalue weighted by molar-refractivity contribution is 8.00. The molecule has 1 amide bonds. The molecular weight excluding hydrogens is 482 g/mol. The zero-order chi connectivity index (χ0) is 24.7. The van der Waals surface area contributed by atoms with E-state index in [1.54, 1.807) is 30.3 Å². The summed E-state index contributed by atoms with van der Waals surface area (Å²) in [4.78, 5) is 12.8. The Morgan fingerprint density at radius 1 is 1.09 bits per heavy atom. The van der Waals surface area contributed by atoms with Crippen molar-refractivity contribution in [2.45, 2.75) is 24.3 Å². The standard InChI is InChI=1S/C26H27N3O4S2/c1-2-20-11-13-22(14-12-20)29(35(31,32)25-9-4-3-5-10-25)17-26(30)28-27-16-21-7-6-8-23(15-21)33-24-18-34-19-24/h3-16,24H,2,17-19H2,1H3,(H,28,30)/b27-16-. The van der Waals surface area contributed by atoms with Gasteiger partial charge in [0, 0.05) is 11.5 Å². The normalized spacial score (nSPS) is 13.9. The summed E-state index contributed by atoms with van der Waals surface area (Å²) in [6, 6.07) is 22.6. The largest absolute Gasteiger partial charge is 0.489 e. The Labute approximate surface area is 210 Å². The van der Waals surface area contributed by atoms with Crippen LogP contribution >= 0.6 is 11.8 Å². The molecule has 7 nitrogen and oxygen atoms in total. The lowest BCUT2D eigenvalue weighted by molar-refractivity contribution is -0.119. The highest BCUT2D eigenvalue weighted by Gasteiger charge is 2.27. The molecule has 0 unspecified atom stereocenters. The van der Waals surface area contributed by atoms with Gasteiger partial charge in [-0.05, 0) is 53.9 Å². The number of rotatable bonds is 10. The molecule has 1 aliphatic rings. The summed E-state index contributed by atoms with van der Waals surface area (Å²) in [6.07, 6.45) is 2.56. The van der Waals surface area contributed by atoms with Crippen molar-refractivity contribution in [2.24, 2.45) is 5.10 Å². The summed E-state index contributed by atoms with van der Waals surface area (Å²) in [5.41, 5.74) is 4.68. The topological polar surface area (TPSA) is 88.1 Å². The number of aryl methyl sites for hydroxylation is 1. The van der Waals surface area contributed by atoms with Crippen molar-refractivity contribution in [3.8, 4) is 5.75 Å². The van der Waals surface area contributed by atoms with Crippen molar-refractivity contribution < 1.29 is 17.9 Å². The van der Waals surface area contributed by atoms with Crippen LogP contribution in [0.25, 0.3) is 0 Å². The summed E-state index contributed by atoms with van der Waals surface area (Å²) >= 11 is 1.85. The molecule has 1 saturated heterocycles. The molecule has 0 saturated carbocycles. The van der Waals surface area contributed by atoms with Crippen LogP contribution in [0.15, 0.2) is 88.9 Å². The molecule has 0 atom stereocenters. The van der Waals surface area contributed by atoms with E-state index in [0.717, 1.165) is 39.1 Å². The van der Waals surface area contributed by atoms with Crippen molar-refractivity contribution in [3.05, 3.63) is 90.0 Å². The Morgan fingerprint density at radius 3 is 2.49 bits per heavy atom. The molecule has 3 aromatic rings. The van der Waals surface area contributed by atoms with Gasteiger partial charge < -0.3 is 4.74 Å². The van der Waals surface area contributed by atoms with Crippen LogP contribution in [0.3, 0.4) is 0 Å². The molecule has 9 heteroatoms. The lowest BCUT2D eigenvalue weighted by Gasteiger charge is -2.25. The van der Waals surface area contributed by atoms with Crippen LogP contribution in [0.2, 0.25) is 0 Å². The molecule has 0 radical (unpaired) electrons. The second kappa shape index (κ2) is 11.4. The second-order valence-electron chi connectivity index (χ2n) is 7.99. The monoisotopic (exact) mass is 509 g/mol. The minimum atomic E-state index is -3.96. The number of benzene rings is 3. The number of carbonyl (C=O) groups is 1. The van der Waals surface area contributed by atoms with E-state index in [2.05, 4.69) is 10.5 Å². The van der Waals surface area contributed by atoms with Gasteiger partial charge in [0.05, 0.1) is 16.8 Å². The fourth-order valence-corrected chi connectivity index (χ4v) is 5.43. The van der Waals surface area contributed by atoms with Gasteiger partial charge in [0.1, 0.15) is 18.4 Å². The summed E-state index contributed by atoms with van der Waals surface area (Å²) < 4.78 is 33.7. The number of hydrazone groups is 1. The first kappa shape index (κ1) is 24.8. The third-order valence-corrected chi connectivity index (χ3v) is 8.43. The van der Waals surface area contributed by atoms with Crippen LogP contribution < -0.4 is 14.5 Å². The molecular formula is C26H27N3O4S2. The number of nitrogens with zero attached hydrogens (tertiary/aromatic N) is 2. The molecule has 1 fully saturated rings. The first-order chi connectivity index (χ1) is 17.0. The van der Waals surface area contributed by atoms with Crippen molar-refractivity contribution in [1.82, 2.24) is 5.43 Å². The van der Waals surface area contributed by atoms with E-state index in [0.29, 0.717) is 5.69 Å². The van der Waals surface area contributed by atoms with Gasteiger partial charge in [-0.3, -0.25) is 9.10 Å². The third kappa shape index (κ3) is 6.43. The summed E-state index contributed by atoms with van der Waals surface area (Å²) in [5, 5.41) is 4.02. The van der Waals surface area contributed by atoms with Gasteiger partial charge >= 0.3 is 0 Å². The van der Waals surface area contributed by atoms with E-state index in [9.17, 15) is 13.2 Å². The van der Waals surface area contributed by atoms with E-state index in [4.69, 9.17) is 4.74 Å². The maximum atomic E-state index is 13.4. The maximum absolute atomic E-state index is 13.4. The zero-order valence-corrected chi connectivity index (χ0v) is 21.0. The van der Waals surface area contributed by atoms with Crippen molar-refractivity contribution in [1.29, 1.82) is 0 Å². The number of hydrogen-bond acceptors (Lipinski definition) is 6. The molecule has 0 spiro atoms. The molecule has 1 aliphatic heterocycles. The van der Waals surface area contributed by atoms with E-state index in [-0.39, 0.29) is 11.0 Å². The first-order valence-electron chi connectivity index (χ1n) is 11.3. The number of hydrogen-bond donors (Lipinski definition) is 1. The Kier molecular flexibility index (Phi) is 8.09. The smallest absolute Gasteiger partial charge is 0.264 e. The van der Waals surface area contributed by atoms with Crippen molar-refractivity contribution in [2.75, 3.05) is 22.4 Å². The van der Waals surface area contributed by atoms with E-state index in [1.165, 1.54) is 18.3 Å². The number of ether oxygens (including phenoxy) is 1. The zero-order valence-electron chi connectivity index (χ0n) is 19.3. The predicted octanol–water partition coefficient (Wildman–Crippen LogP) is 4.09. The van der Waals surface area contributed by atoms with Gasteiger partial charge in [-0.25, -0.2) is 13.8 Å². The first-order valence-corrected chi connectivity index (χ1v) is 13.9. The molecule has 0 bridgehead atoms. The quantitative estimate of drug-likeness (QED) is 0.329. The average molecular weight is 510 g/mol. The molecule has 1 heterocycles. The predicted molar refractivity (Wildman–Crippen MR) is 141 cm³/mol. The maximum Gasteiger partial charge on any atom is 0.264 e. The Bertz CT molecular complexity index is 1280. The fraction of sp³-hybridized carbons (Fsp3) is 0.231. The number of thioether (sulfide) groups is 1. The van der Waals surface area contributed by atoms with Gasteiger partial charge in [0.25, 0.3) is 15.9 Å². The molecule has 3 aromatic carbocycles. The number of sulfonamides is 1. The van der Waals surface area contributed by atoms with Crippen LogP contribution in [-0.4, -0.2) is 44.7 Å². The van der Waals surface area contributed by atoms with E-state index >= 15 is 0 Å². The number of nitrogens with one attached hydrogen (secondary N) is 1. The van der Waals surface area contributed by atoms with Crippen LogP contribution in [0.4, 0.5) is 5.69 Å². The lowest BCUT2D eigenvalue weighted by atomic mass is 10.1. The summed E-state index contributed by atoms with van der Waals surface area (Å²) in [7, 11) is -3.96. The van der Waals surface area contributed by atoms with Crippen LogP contribution in [0.5, 0.6) is 5.75 Å². The molecule has 35 heavy (non-hydrogen) atoms. The van der Waals surface area contributed by atoms with Crippen molar-refractivity contribution in [3.63, 3.8) is 0 Å². The molecule has 0 aliphatic carbocycles. The SMILES string of the molecule is CCc1ccc(N(CC(=O)N/N=C\c2cccc(OC3CSC3)c2)S(=O)(=O)c2ccccc2)cc1. The van der Waals surface area contributed by atoms with Gasteiger partial charge in [-0.2, -0.15) is 16.9 Å². The van der Waals surface area contributed by atoms with Crippen LogP contribution in [0, 0.1) is 0 Å². The minimum Gasteiger partial charge on any atom is -0.489 e.